The van der Waals surface area contributed by atoms with E-state index in [2.05, 4.69) is 69.9 Å². The molecular weight excluding hydrogens is 309 g/mol. The molecule has 0 spiro atoms. The van der Waals surface area contributed by atoms with Gasteiger partial charge in [-0.25, -0.2) is 0 Å². The van der Waals surface area contributed by atoms with Gasteiger partial charge in [0.25, 0.3) is 0 Å². The molecule has 0 aliphatic carbocycles. The van der Waals surface area contributed by atoms with Gasteiger partial charge in [0.05, 0.1) is 11.2 Å². The number of likely N-dealkylation sites (tertiary alicyclic amines) is 1. The highest BCUT2D eigenvalue weighted by Gasteiger charge is 2.54. The van der Waals surface area contributed by atoms with Gasteiger partial charge in [-0.1, -0.05) is 50.1 Å². The maximum atomic E-state index is 6.40. The van der Waals surface area contributed by atoms with Crippen LogP contribution in [0, 0.1) is 0 Å². The van der Waals surface area contributed by atoms with E-state index in [1.54, 1.807) is 0 Å². The summed E-state index contributed by atoms with van der Waals surface area (Å²) in [7, 11) is -0.168. The molecule has 2 aliphatic heterocycles. The van der Waals surface area contributed by atoms with Crippen molar-refractivity contribution in [1.29, 1.82) is 0 Å². The Morgan fingerprint density at radius 1 is 0.880 bits per heavy atom. The van der Waals surface area contributed by atoms with Gasteiger partial charge in [0.2, 0.25) is 0 Å². The van der Waals surface area contributed by atoms with Crippen LogP contribution in [-0.2, 0) is 9.31 Å². The zero-order valence-corrected chi connectivity index (χ0v) is 16.6. The Bertz CT molecular complexity index is 536. The smallest absolute Gasteiger partial charge is 0.403 e. The zero-order chi connectivity index (χ0) is 18.1. The van der Waals surface area contributed by atoms with Gasteiger partial charge in [-0.15, -0.1) is 0 Å². The van der Waals surface area contributed by atoms with Gasteiger partial charge in [0.1, 0.15) is 0 Å². The Morgan fingerprint density at radius 3 is 1.92 bits per heavy atom. The highest BCUT2D eigenvalue weighted by Crippen LogP contribution is 2.45. The van der Waals surface area contributed by atoms with E-state index in [0.717, 1.165) is 0 Å². The van der Waals surface area contributed by atoms with Crippen molar-refractivity contribution < 1.29 is 9.31 Å². The SMILES string of the molecule is C[C@@H](B1OC(C)(C)C(C)(C)O1)[C@H](c1ccccc1)N1CCCCCC1. The summed E-state index contributed by atoms with van der Waals surface area (Å²) in [6, 6.07) is 11.3. The van der Waals surface area contributed by atoms with Crippen LogP contribution in [0.4, 0.5) is 0 Å². The first-order chi connectivity index (χ1) is 11.8. The summed E-state index contributed by atoms with van der Waals surface area (Å²) in [5.41, 5.74) is 0.837. The lowest BCUT2D eigenvalue weighted by Gasteiger charge is -2.36. The average molecular weight is 343 g/mol. The van der Waals surface area contributed by atoms with Crippen molar-refractivity contribution >= 4 is 7.12 Å². The van der Waals surface area contributed by atoms with Gasteiger partial charge in [-0.3, -0.25) is 4.90 Å². The van der Waals surface area contributed by atoms with Gasteiger partial charge >= 0.3 is 7.12 Å². The molecule has 2 atom stereocenters. The summed E-state index contributed by atoms with van der Waals surface area (Å²) in [5, 5.41) is 0. The Morgan fingerprint density at radius 2 is 1.40 bits per heavy atom. The monoisotopic (exact) mass is 343 g/mol. The van der Waals surface area contributed by atoms with Gasteiger partial charge in [0.15, 0.2) is 0 Å². The molecule has 2 aliphatic rings. The van der Waals surface area contributed by atoms with Crippen LogP contribution >= 0.6 is 0 Å². The number of hydrogen-bond acceptors (Lipinski definition) is 3. The van der Waals surface area contributed by atoms with E-state index in [1.807, 2.05) is 0 Å². The maximum absolute atomic E-state index is 6.40. The molecule has 2 fully saturated rings. The molecule has 3 nitrogen and oxygen atoms in total. The normalized spacial score (nSPS) is 26.2. The third-order valence-electron chi connectivity index (χ3n) is 6.37. The first-order valence-corrected chi connectivity index (χ1v) is 9.96. The van der Waals surface area contributed by atoms with E-state index in [1.165, 1.54) is 44.3 Å². The molecule has 0 saturated carbocycles. The second-order valence-electron chi connectivity index (χ2n) is 8.79. The molecule has 0 unspecified atom stereocenters. The van der Waals surface area contributed by atoms with Crippen molar-refractivity contribution in [3.63, 3.8) is 0 Å². The second-order valence-corrected chi connectivity index (χ2v) is 8.79. The van der Waals surface area contributed by atoms with Crippen molar-refractivity contribution in [2.24, 2.45) is 0 Å². The highest BCUT2D eigenvalue weighted by atomic mass is 16.7. The molecule has 2 heterocycles. The minimum Gasteiger partial charge on any atom is -0.403 e. The first-order valence-electron chi connectivity index (χ1n) is 9.96. The molecular formula is C21H34BNO2. The minimum atomic E-state index is -0.272. The molecule has 0 bridgehead atoms. The van der Waals surface area contributed by atoms with Crippen molar-refractivity contribution in [2.45, 2.75) is 83.4 Å². The van der Waals surface area contributed by atoms with Crippen LogP contribution in [0.5, 0.6) is 0 Å². The van der Waals surface area contributed by atoms with Crippen LogP contribution in [0.15, 0.2) is 30.3 Å². The van der Waals surface area contributed by atoms with Crippen molar-refractivity contribution in [3.8, 4) is 0 Å². The highest BCUT2D eigenvalue weighted by molar-refractivity contribution is 6.47. The van der Waals surface area contributed by atoms with Crippen LogP contribution in [0.1, 0.15) is 71.9 Å². The van der Waals surface area contributed by atoms with E-state index in [4.69, 9.17) is 9.31 Å². The molecule has 2 saturated heterocycles. The summed E-state index contributed by atoms with van der Waals surface area (Å²) in [6.45, 7) is 13.2. The Hall–Kier alpha value is -0.835. The van der Waals surface area contributed by atoms with Gasteiger partial charge in [0, 0.05) is 11.9 Å². The standard InChI is InChI=1S/C21H34BNO2/c1-17(22-24-20(2,3)21(4,5)25-22)19(18-13-9-8-10-14-18)23-15-11-6-7-12-16-23/h8-10,13-14,17,19H,6-7,11-12,15-16H2,1-5H3/t17-,19-/m1/s1. The van der Waals surface area contributed by atoms with Crippen molar-refractivity contribution in [3.05, 3.63) is 35.9 Å². The van der Waals surface area contributed by atoms with Crippen LogP contribution in [0.2, 0.25) is 5.82 Å². The van der Waals surface area contributed by atoms with Crippen LogP contribution in [0.25, 0.3) is 0 Å². The fourth-order valence-corrected chi connectivity index (χ4v) is 4.12. The van der Waals surface area contributed by atoms with Gasteiger partial charge in [-0.2, -0.15) is 0 Å². The van der Waals surface area contributed by atoms with E-state index >= 15 is 0 Å². The summed E-state index contributed by atoms with van der Waals surface area (Å²) in [5.74, 6) is 0.279. The van der Waals surface area contributed by atoms with Crippen LogP contribution < -0.4 is 0 Å². The topological polar surface area (TPSA) is 21.7 Å². The average Bonchev–Trinajstić information content (AvgIpc) is 2.76. The van der Waals surface area contributed by atoms with E-state index in [9.17, 15) is 0 Å². The first kappa shape index (κ1) is 18.9. The molecule has 1 aromatic rings. The molecule has 0 aromatic heterocycles. The minimum absolute atomic E-state index is 0.168. The molecule has 25 heavy (non-hydrogen) atoms. The predicted octanol–water partition coefficient (Wildman–Crippen LogP) is 5.09. The number of benzene rings is 1. The van der Waals surface area contributed by atoms with Gasteiger partial charge < -0.3 is 9.31 Å². The Labute approximate surface area is 154 Å². The lowest BCUT2D eigenvalue weighted by atomic mass is 9.66. The van der Waals surface area contributed by atoms with E-state index < -0.39 is 0 Å². The molecule has 3 rings (SSSR count). The summed E-state index contributed by atoms with van der Waals surface area (Å²) in [4.78, 5) is 2.66. The number of hydrogen-bond donors (Lipinski definition) is 0. The fraction of sp³-hybridized carbons (Fsp3) is 0.714. The third kappa shape index (κ3) is 3.96. The largest absolute Gasteiger partial charge is 0.462 e. The number of nitrogens with zero attached hydrogens (tertiary/aromatic N) is 1. The van der Waals surface area contributed by atoms with E-state index in [-0.39, 0.29) is 24.1 Å². The molecule has 0 N–H and O–H groups in total. The van der Waals surface area contributed by atoms with Crippen molar-refractivity contribution in [2.75, 3.05) is 13.1 Å². The zero-order valence-electron chi connectivity index (χ0n) is 16.6. The lowest BCUT2D eigenvalue weighted by Crippen LogP contribution is -2.41. The quantitative estimate of drug-likeness (QED) is 0.711. The lowest BCUT2D eigenvalue weighted by molar-refractivity contribution is 0.00578. The van der Waals surface area contributed by atoms with Crippen molar-refractivity contribution in [1.82, 2.24) is 4.90 Å². The number of rotatable bonds is 4. The molecule has 4 heteroatoms. The van der Waals surface area contributed by atoms with E-state index in [0.29, 0.717) is 6.04 Å². The Kier molecular flexibility index (Phi) is 5.62. The molecule has 1 aromatic carbocycles. The van der Waals surface area contributed by atoms with Crippen LogP contribution in [-0.4, -0.2) is 36.3 Å². The third-order valence-corrected chi connectivity index (χ3v) is 6.37. The van der Waals surface area contributed by atoms with Crippen LogP contribution in [0.3, 0.4) is 0 Å². The Balaban J connectivity index is 1.86. The second kappa shape index (κ2) is 7.42. The maximum Gasteiger partial charge on any atom is 0.462 e. The molecule has 0 amide bonds. The summed E-state index contributed by atoms with van der Waals surface area (Å²) >= 11 is 0. The molecule has 0 radical (unpaired) electrons. The fourth-order valence-electron chi connectivity index (χ4n) is 4.12. The predicted molar refractivity (Wildman–Crippen MR) is 105 cm³/mol. The molecule has 138 valence electrons. The summed E-state index contributed by atoms with van der Waals surface area (Å²) < 4.78 is 12.8. The summed E-state index contributed by atoms with van der Waals surface area (Å²) in [6.07, 6.45) is 5.28. The van der Waals surface area contributed by atoms with Gasteiger partial charge in [-0.05, 0) is 59.2 Å².